The lowest BCUT2D eigenvalue weighted by atomic mass is 10.1. The smallest absolute Gasteiger partial charge is 0.270 e. The Morgan fingerprint density at radius 3 is 2.75 bits per heavy atom. The van der Waals surface area contributed by atoms with Crippen LogP contribution in [0.1, 0.15) is 19.3 Å². The Balaban J connectivity index is 1.78. The van der Waals surface area contributed by atoms with Crippen LogP contribution in [-0.4, -0.2) is 33.0 Å². The lowest BCUT2D eigenvalue weighted by Crippen LogP contribution is -2.30. The van der Waals surface area contributed by atoms with Gasteiger partial charge in [0.2, 0.25) is 0 Å². The monoisotopic (exact) mass is 323 g/mol. The maximum absolute atomic E-state index is 11.0. The second-order valence-electron chi connectivity index (χ2n) is 6.00. The number of anilines is 1. The van der Waals surface area contributed by atoms with Crippen molar-refractivity contribution in [2.75, 3.05) is 18.0 Å². The van der Waals surface area contributed by atoms with Crippen molar-refractivity contribution >= 4 is 22.5 Å². The topological polar surface area (TPSA) is 87.9 Å². The zero-order valence-corrected chi connectivity index (χ0v) is 13.1. The third kappa shape index (κ3) is 2.58. The minimum atomic E-state index is -0.384. The molecule has 1 fully saturated rings. The Labute approximate surface area is 138 Å². The van der Waals surface area contributed by atoms with Gasteiger partial charge in [-0.25, -0.2) is 9.97 Å². The second-order valence-corrected chi connectivity index (χ2v) is 6.00. The van der Waals surface area contributed by atoms with Gasteiger partial charge < -0.3 is 9.88 Å². The molecule has 3 aromatic rings. The zero-order valence-electron chi connectivity index (χ0n) is 13.1. The first-order valence-corrected chi connectivity index (χ1v) is 8.06. The van der Waals surface area contributed by atoms with Gasteiger partial charge in [0.05, 0.1) is 10.3 Å². The molecule has 3 heterocycles. The van der Waals surface area contributed by atoms with Crippen molar-refractivity contribution in [1.29, 1.82) is 0 Å². The van der Waals surface area contributed by atoms with Crippen LogP contribution in [0.15, 0.2) is 36.7 Å². The number of benzene rings is 1. The molecule has 1 aliphatic heterocycles. The van der Waals surface area contributed by atoms with E-state index in [1.807, 2.05) is 12.1 Å². The number of H-pyrrole nitrogens is 1. The number of fused-ring (bicyclic) bond motifs is 1. The number of non-ortho nitro benzene ring substituents is 1. The van der Waals surface area contributed by atoms with E-state index in [0.29, 0.717) is 0 Å². The van der Waals surface area contributed by atoms with Gasteiger partial charge in [0.1, 0.15) is 17.8 Å². The molecule has 2 aromatic heterocycles. The summed E-state index contributed by atoms with van der Waals surface area (Å²) in [5, 5.41) is 11.9. The first-order valence-electron chi connectivity index (χ1n) is 8.06. The van der Waals surface area contributed by atoms with Crippen LogP contribution in [0.5, 0.6) is 0 Å². The van der Waals surface area contributed by atoms with Gasteiger partial charge in [-0.1, -0.05) is 12.1 Å². The van der Waals surface area contributed by atoms with Gasteiger partial charge in [0.25, 0.3) is 5.69 Å². The molecule has 0 amide bonds. The SMILES string of the molecule is O=[N+]([O-])c1cccc(-c2cc3c(N4CCCCC4)ncnc3[nH]2)c1. The molecule has 0 radical (unpaired) electrons. The Morgan fingerprint density at radius 1 is 1.12 bits per heavy atom. The molecule has 1 aliphatic rings. The fourth-order valence-electron chi connectivity index (χ4n) is 3.23. The summed E-state index contributed by atoms with van der Waals surface area (Å²) in [6, 6.07) is 8.59. The van der Waals surface area contributed by atoms with Crippen LogP contribution in [0.4, 0.5) is 11.5 Å². The van der Waals surface area contributed by atoms with E-state index in [-0.39, 0.29) is 10.6 Å². The Kier molecular flexibility index (Phi) is 3.60. The molecule has 0 unspecified atom stereocenters. The van der Waals surface area contributed by atoms with Crippen molar-refractivity contribution in [2.24, 2.45) is 0 Å². The minimum absolute atomic E-state index is 0.0773. The third-order valence-electron chi connectivity index (χ3n) is 4.43. The highest BCUT2D eigenvalue weighted by atomic mass is 16.6. The number of nitro benzene ring substituents is 1. The lowest BCUT2D eigenvalue weighted by molar-refractivity contribution is -0.384. The van der Waals surface area contributed by atoms with E-state index in [1.165, 1.54) is 25.3 Å². The van der Waals surface area contributed by atoms with Gasteiger partial charge in [-0.2, -0.15) is 0 Å². The summed E-state index contributed by atoms with van der Waals surface area (Å²) in [5.74, 6) is 0.938. The first kappa shape index (κ1) is 14.6. The molecule has 0 atom stereocenters. The number of hydrogen-bond donors (Lipinski definition) is 1. The average molecular weight is 323 g/mol. The molecule has 1 saturated heterocycles. The molecular formula is C17H17N5O2. The second kappa shape index (κ2) is 5.92. The van der Waals surface area contributed by atoms with E-state index in [9.17, 15) is 10.1 Å². The van der Waals surface area contributed by atoms with Crippen LogP contribution in [0.25, 0.3) is 22.3 Å². The Morgan fingerprint density at radius 2 is 1.96 bits per heavy atom. The molecule has 7 nitrogen and oxygen atoms in total. The van der Waals surface area contributed by atoms with E-state index >= 15 is 0 Å². The number of piperidine rings is 1. The number of hydrogen-bond acceptors (Lipinski definition) is 5. The predicted molar refractivity (Wildman–Crippen MR) is 92.0 cm³/mol. The molecule has 1 aromatic carbocycles. The summed E-state index contributed by atoms with van der Waals surface area (Å²) in [7, 11) is 0. The van der Waals surface area contributed by atoms with E-state index in [1.54, 1.807) is 18.5 Å². The number of aromatic amines is 1. The quantitative estimate of drug-likeness (QED) is 0.588. The zero-order chi connectivity index (χ0) is 16.5. The molecule has 122 valence electrons. The molecule has 7 heteroatoms. The van der Waals surface area contributed by atoms with Crippen molar-refractivity contribution in [3.05, 3.63) is 46.8 Å². The van der Waals surface area contributed by atoms with Crippen molar-refractivity contribution in [2.45, 2.75) is 19.3 Å². The molecule has 0 spiro atoms. The van der Waals surface area contributed by atoms with Crippen LogP contribution in [-0.2, 0) is 0 Å². The lowest BCUT2D eigenvalue weighted by Gasteiger charge is -2.27. The Hall–Kier alpha value is -2.96. The van der Waals surface area contributed by atoms with Gasteiger partial charge >= 0.3 is 0 Å². The molecule has 1 N–H and O–H groups in total. The van der Waals surface area contributed by atoms with Crippen molar-refractivity contribution in [3.63, 3.8) is 0 Å². The maximum Gasteiger partial charge on any atom is 0.270 e. The van der Waals surface area contributed by atoms with Crippen molar-refractivity contribution < 1.29 is 4.92 Å². The standard InChI is InChI=1S/C17H17N5O2/c23-22(24)13-6-4-5-12(9-13)15-10-14-16(20-15)18-11-19-17(14)21-7-2-1-3-8-21/h4-6,9-11H,1-3,7-8H2,(H,18,19,20). The summed E-state index contributed by atoms with van der Waals surface area (Å²) in [5.41, 5.74) is 2.42. The molecular weight excluding hydrogens is 306 g/mol. The van der Waals surface area contributed by atoms with Gasteiger partial charge in [0.15, 0.2) is 0 Å². The minimum Gasteiger partial charge on any atom is -0.356 e. The summed E-state index contributed by atoms with van der Waals surface area (Å²) < 4.78 is 0. The number of aromatic nitrogens is 3. The van der Waals surface area contributed by atoms with E-state index < -0.39 is 0 Å². The molecule has 24 heavy (non-hydrogen) atoms. The third-order valence-corrected chi connectivity index (χ3v) is 4.43. The average Bonchev–Trinajstić information content (AvgIpc) is 3.07. The fraction of sp³-hybridized carbons (Fsp3) is 0.294. The summed E-state index contributed by atoms with van der Waals surface area (Å²) in [4.78, 5) is 24.9. The van der Waals surface area contributed by atoms with Crippen molar-refractivity contribution in [1.82, 2.24) is 15.0 Å². The molecule has 0 saturated carbocycles. The van der Waals surface area contributed by atoms with Crippen LogP contribution >= 0.6 is 0 Å². The number of nitrogens with one attached hydrogen (secondary N) is 1. The largest absolute Gasteiger partial charge is 0.356 e. The van der Waals surface area contributed by atoms with E-state index in [4.69, 9.17) is 0 Å². The van der Waals surface area contributed by atoms with Gasteiger partial charge in [-0.15, -0.1) is 0 Å². The summed E-state index contributed by atoms with van der Waals surface area (Å²) in [6.45, 7) is 2.01. The first-order chi connectivity index (χ1) is 11.7. The van der Waals surface area contributed by atoms with Crippen LogP contribution in [0.3, 0.4) is 0 Å². The number of rotatable bonds is 3. The van der Waals surface area contributed by atoms with Gasteiger partial charge in [0, 0.05) is 36.5 Å². The molecule has 0 bridgehead atoms. The highest BCUT2D eigenvalue weighted by Crippen LogP contribution is 2.31. The summed E-state index contributed by atoms with van der Waals surface area (Å²) >= 11 is 0. The fourth-order valence-corrected chi connectivity index (χ4v) is 3.23. The highest BCUT2D eigenvalue weighted by molar-refractivity contribution is 5.92. The van der Waals surface area contributed by atoms with Crippen LogP contribution < -0.4 is 4.90 Å². The molecule has 0 aliphatic carbocycles. The van der Waals surface area contributed by atoms with Gasteiger partial charge in [-0.05, 0) is 25.3 Å². The van der Waals surface area contributed by atoms with Crippen LogP contribution in [0.2, 0.25) is 0 Å². The highest BCUT2D eigenvalue weighted by Gasteiger charge is 2.17. The predicted octanol–water partition coefficient (Wildman–Crippen LogP) is 3.52. The number of nitro groups is 1. The molecule has 4 rings (SSSR count). The van der Waals surface area contributed by atoms with Crippen LogP contribution in [0, 0.1) is 10.1 Å². The summed E-state index contributed by atoms with van der Waals surface area (Å²) in [6.07, 6.45) is 5.18. The Bertz CT molecular complexity index is 899. The van der Waals surface area contributed by atoms with E-state index in [0.717, 1.165) is 41.2 Å². The van der Waals surface area contributed by atoms with Gasteiger partial charge in [-0.3, -0.25) is 10.1 Å². The maximum atomic E-state index is 11.0. The van der Waals surface area contributed by atoms with Crippen molar-refractivity contribution in [3.8, 4) is 11.3 Å². The number of nitrogens with zero attached hydrogens (tertiary/aromatic N) is 4. The normalized spacial score (nSPS) is 14.9. The van der Waals surface area contributed by atoms with E-state index in [2.05, 4.69) is 19.9 Å².